The number of nitrogens with zero attached hydrogens (tertiary/aromatic N) is 4. The van der Waals surface area contributed by atoms with Gasteiger partial charge in [0, 0.05) is 62.8 Å². The molecule has 174 valence electrons. The fourth-order valence-electron chi connectivity index (χ4n) is 4.04. The van der Waals surface area contributed by atoms with E-state index in [0.29, 0.717) is 25.5 Å². The molecule has 0 bridgehead atoms. The number of nitrogens with one attached hydrogen (secondary N) is 2. The smallest absolute Gasteiger partial charge is 0.224 e. The van der Waals surface area contributed by atoms with Crippen LogP contribution in [0.2, 0.25) is 0 Å². The second kappa shape index (κ2) is 10.8. The maximum absolute atomic E-state index is 12.7. The van der Waals surface area contributed by atoms with E-state index in [-0.39, 0.29) is 5.91 Å². The van der Waals surface area contributed by atoms with Gasteiger partial charge in [0.1, 0.15) is 23.7 Å². The quantitative estimate of drug-likeness (QED) is 0.427. The van der Waals surface area contributed by atoms with Gasteiger partial charge in [-0.1, -0.05) is 24.3 Å². The number of benzene rings is 1. The van der Waals surface area contributed by atoms with Crippen LogP contribution in [0.4, 0.5) is 5.82 Å². The number of anilines is 1. The van der Waals surface area contributed by atoms with Crippen LogP contribution >= 0.6 is 0 Å². The molecular formula is C25H32N6O2. The van der Waals surface area contributed by atoms with Crippen molar-refractivity contribution in [1.29, 1.82) is 0 Å². The molecule has 0 radical (unpaired) electrons. The van der Waals surface area contributed by atoms with Gasteiger partial charge >= 0.3 is 0 Å². The number of amides is 1. The van der Waals surface area contributed by atoms with Crippen LogP contribution in [0, 0.1) is 6.92 Å². The fourth-order valence-corrected chi connectivity index (χ4v) is 4.04. The number of para-hydroxylation sites is 1. The number of pyridine rings is 1. The van der Waals surface area contributed by atoms with Gasteiger partial charge in [-0.3, -0.25) is 4.79 Å². The summed E-state index contributed by atoms with van der Waals surface area (Å²) in [5.41, 5.74) is 2.00. The summed E-state index contributed by atoms with van der Waals surface area (Å²) in [4.78, 5) is 25.9. The van der Waals surface area contributed by atoms with E-state index in [2.05, 4.69) is 38.5 Å². The minimum Gasteiger partial charge on any atom is -0.459 e. The largest absolute Gasteiger partial charge is 0.459 e. The standard InChI is InChI=1S/C25H32N6O2/c1-3-26-25(29-18-22-19(2)20-8-4-5-9-21(20)33-22)28-13-11-24(32)31-16-14-30(15-17-31)23-10-6-7-12-27-23/h4-10,12H,3,11,13-18H2,1-2H3,(H2,26,28,29). The minimum absolute atomic E-state index is 0.159. The van der Waals surface area contributed by atoms with Crippen molar-refractivity contribution in [3.05, 3.63) is 60.0 Å². The number of furan rings is 1. The van der Waals surface area contributed by atoms with Crippen molar-refractivity contribution in [2.45, 2.75) is 26.8 Å². The Hall–Kier alpha value is -3.55. The van der Waals surface area contributed by atoms with Gasteiger partial charge in [0.05, 0.1) is 0 Å². The Morgan fingerprint density at radius 2 is 1.88 bits per heavy atom. The van der Waals surface area contributed by atoms with Gasteiger partial charge in [-0.15, -0.1) is 0 Å². The van der Waals surface area contributed by atoms with Crippen LogP contribution in [0.15, 0.2) is 58.1 Å². The summed E-state index contributed by atoms with van der Waals surface area (Å²) in [5, 5.41) is 7.64. The molecule has 3 aromatic rings. The molecule has 2 N–H and O–H groups in total. The van der Waals surface area contributed by atoms with Crippen molar-refractivity contribution < 1.29 is 9.21 Å². The first-order valence-corrected chi connectivity index (χ1v) is 11.6. The third-order valence-electron chi connectivity index (χ3n) is 5.90. The first-order chi connectivity index (χ1) is 16.2. The monoisotopic (exact) mass is 448 g/mol. The van der Waals surface area contributed by atoms with Gasteiger partial charge < -0.3 is 24.9 Å². The number of rotatable bonds is 7. The summed E-state index contributed by atoms with van der Waals surface area (Å²) in [6, 6.07) is 13.9. The molecule has 0 atom stereocenters. The zero-order valence-electron chi connectivity index (χ0n) is 19.4. The molecule has 0 unspecified atom stereocenters. The molecule has 0 spiro atoms. The average molecular weight is 449 g/mol. The Morgan fingerprint density at radius 3 is 2.61 bits per heavy atom. The summed E-state index contributed by atoms with van der Waals surface area (Å²) in [6.07, 6.45) is 2.23. The molecule has 4 rings (SSSR count). The van der Waals surface area contributed by atoms with E-state index in [1.165, 1.54) is 0 Å². The highest BCUT2D eigenvalue weighted by atomic mass is 16.3. The third kappa shape index (κ3) is 5.63. The summed E-state index contributed by atoms with van der Waals surface area (Å²) in [6.45, 7) is 8.84. The zero-order chi connectivity index (χ0) is 23.0. The second-order valence-electron chi connectivity index (χ2n) is 8.07. The van der Waals surface area contributed by atoms with Crippen molar-refractivity contribution in [2.24, 2.45) is 4.99 Å². The van der Waals surface area contributed by atoms with Crippen LogP contribution in [0.5, 0.6) is 0 Å². The number of fused-ring (bicyclic) bond motifs is 1. The minimum atomic E-state index is 0.159. The normalized spacial score (nSPS) is 14.5. The van der Waals surface area contributed by atoms with Crippen LogP contribution in [0.3, 0.4) is 0 Å². The molecule has 1 amide bonds. The Bertz CT molecular complexity index is 1090. The predicted octanol–water partition coefficient (Wildman–Crippen LogP) is 2.93. The van der Waals surface area contributed by atoms with E-state index in [1.54, 1.807) is 6.20 Å². The molecule has 8 heteroatoms. The number of carbonyl (C=O) groups is 1. The summed E-state index contributed by atoms with van der Waals surface area (Å²) >= 11 is 0. The van der Waals surface area contributed by atoms with Crippen LogP contribution in [0.1, 0.15) is 24.7 Å². The summed E-state index contributed by atoms with van der Waals surface area (Å²) in [7, 11) is 0. The van der Waals surface area contributed by atoms with Crippen LogP contribution in [0.25, 0.3) is 11.0 Å². The van der Waals surface area contributed by atoms with Gasteiger partial charge in [0.15, 0.2) is 5.96 Å². The number of aryl methyl sites for hydroxylation is 1. The second-order valence-corrected chi connectivity index (χ2v) is 8.07. The predicted molar refractivity (Wildman–Crippen MR) is 131 cm³/mol. The number of carbonyl (C=O) groups excluding carboxylic acids is 1. The van der Waals surface area contributed by atoms with Gasteiger partial charge in [-0.25, -0.2) is 9.98 Å². The number of hydrogen-bond acceptors (Lipinski definition) is 5. The summed E-state index contributed by atoms with van der Waals surface area (Å²) in [5.74, 6) is 2.67. The van der Waals surface area contributed by atoms with Gasteiger partial charge in [0.2, 0.25) is 5.91 Å². The number of aromatic nitrogens is 1. The number of piperazine rings is 1. The molecule has 1 aliphatic rings. The highest BCUT2D eigenvalue weighted by Crippen LogP contribution is 2.25. The molecule has 1 fully saturated rings. The summed E-state index contributed by atoms with van der Waals surface area (Å²) < 4.78 is 5.96. The van der Waals surface area contributed by atoms with Crippen molar-refractivity contribution in [1.82, 2.24) is 20.5 Å². The Labute approximate surface area is 194 Å². The molecular weight excluding hydrogens is 416 g/mol. The van der Waals surface area contributed by atoms with E-state index in [4.69, 9.17) is 4.42 Å². The SMILES string of the molecule is CCNC(=NCc1oc2ccccc2c1C)NCCC(=O)N1CCN(c2ccccn2)CC1. The van der Waals surface area contributed by atoms with Crippen molar-refractivity contribution in [2.75, 3.05) is 44.2 Å². The first-order valence-electron chi connectivity index (χ1n) is 11.6. The highest BCUT2D eigenvalue weighted by Gasteiger charge is 2.21. The lowest BCUT2D eigenvalue weighted by atomic mass is 10.1. The van der Waals surface area contributed by atoms with Gasteiger partial charge in [0.25, 0.3) is 0 Å². The van der Waals surface area contributed by atoms with E-state index in [1.807, 2.05) is 48.2 Å². The van der Waals surface area contributed by atoms with E-state index in [9.17, 15) is 4.79 Å². The molecule has 33 heavy (non-hydrogen) atoms. The van der Waals surface area contributed by atoms with Crippen molar-refractivity contribution >= 4 is 28.7 Å². The topological polar surface area (TPSA) is 86.0 Å². The number of guanidine groups is 1. The third-order valence-corrected chi connectivity index (χ3v) is 5.90. The molecule has 0 aliphatic carbocycles. The molecule has 2 aromatic heterocycles. The lowest BCUT2D eigenvalue weighted by molar-refractivity contribution is -0.131. The van der Waals surface area contributed by atoms with Crippen LogP contribution < -0.4 is 15.5 Å². The zero-order valence-corrected chi connectivity index (χ0v) is 19.4. The van der Waals surface area contributed by atoms with E-state index in [0.717, 1.165) is 60.8 Å². The van der Waals surface area contributed by atoms with Crippen molar-refractivity contribution in [3.8, 4) is 0 Å². The number of hydrogen-bond donors (Lipinski definition) is 2. The number of aliphatic imine (C=N–C) groups is 1. The Morgan fingerprint density at radius 1 is 1.09 bits per heavy atom. The first kappa shape index (κ1) is 22.6. The molecule has 1 aromatic carbocycles. The average Bonchev–Trinajstić information content (AvgIpc) is 3.18. The molecule has 0 saturated carbocycles. The molecule has 1 aliphatic heterocycles. The van der Waals surface area contributed by atoms with Gasteiger partial charge in [-0.05, 0) is 32.0 Å². The van der Waals surface area contributed by atoms with E-state index < -0.39 is 0 Å². The van der Waals surface area contributed by atoms with Crippen LogP contribution in [-0.4, -0.2) is 61.0 Å². The fraction of sp³-hybridized carbons (Fsp3) is 0.400. The highest BCUT2D eigenvalue weighted by molar-refractivity contribution is 5.83. The molecule has 1 saturated heterocycles. The Kier molecular flexibility index (Phi) is 7.44. The van der Waals surface area contributed by atoms with Gasteiger partial charge in [-0.2, -0.15) is 0 Å². The Balaban J connectivity index is 1.26. The lowest BCUT2D eigenvalue weighted by Gasteiger charge is -2.35. The maximum Gasteiger partial charge on any atom is 0.224 e. The molecule has 8 nitrogen and oxygen atoms in total. The van der Waals surface area contributed by atoms with Crippen LogP contribution in [-0.2, 0) is 11.3 Å². The lowest BCUT2D eigenvalue weighted by Crippen LogP contribution is -2.49. The molecule has 3 heterocycles. The van der Waals surface area contributed by atoms with E-state index >= 15 is 0 Å². The maximum atomic E-state index is 12.7. The van der Waals surface area contributed by atoms with Crippen molar-refractivity contribution in [3.63, 3.8) is 0 Å².